The molecule has 2 aromatic carbocycles. The zero-order valence-electron chi connectivity index (χ0n) is 10.6. The molecule has 0 saturated carbocycles. The number of carbonyl (C=O) groups excluding carboxylic acids is 1. The number of hydrogen-bond acceptors (Lipinski definition) is 2. The molecule has 0 saturated heterocycles. The lowest BCUT2D eigenvalue weighted by Crippen LogP contribution is -1.98. The van der Waals surface area contributed by atoms with E-state index >= 15 is 0 Å². The van der Waals surface area contributed by atoms with E-state index in [0.29, 0.717) is 17.9 Å². The minimum Gasteiger partial charge on any atom is -0.489 e. The van der Waals surface area contributed by atoms with Crippen molar-refractivity contribution in [3.8, 4) is 5.75 Å². The van der Waals surface area contributed by atoms with Gasteiger partial charge in [0.2, 0.25) is 0 Å². The van der Waals surface area contributed by atoms with Crippen LogP contribution in [0.2, 0.25) is 0 Å². The number of fused-ring (bicyclic) bond motifs is 1. The topological polar surface area (TPSA) is 26.3 Å². The molecule has 0 aliphatic rings. The molecule has 2 rings (SSSR count). The Morgan fingerprint density at radius 2 is 1.94 bits per heavy atom. The van der Waals surface area contributed by atoms with Gasteiger partial charge in [-0.25, -0.2) is 0 Å². The van der Waals surface area contributed by atoms with Crippen molar-refractivity contribution < 1.29 is 9.53 Å². The summed E-state index contributed by atoms with van der Waals surface area (Å²) in [5.41, 5.74) is 1.82. The lowest BCUT2D eigenvalue weighted by atomic mass is 10.0. The summed E-state index contributed by atoms with van der Waals surface area (Å²) in [5.74, 6) is 0.640. The van der Waals surface area contributed by atoms with Crippen LogP contribution in [-0.2, 0) is 0 Å². The minimum atomic E-state index is 0.488. The van der Waals surface area contributed by atoms with E-state index in [1.54, 1.807) is 0 Å². The Balaban J connectivity index is 2.39. The van der Waals surface area contributed by atoms with Gasteiger partial charge in [0.1, 0.15) is 12.4 Å². The fraction of sp³-hybridized carbons (Fsp3) is 0.188. The summed E-state index contributed by atoms with van der Waals surface area (Å²) in [6.07, 6.45) is 2.85. The van der Waals surface area contributed by atoms with Crippen LogP contribution in [0.1, 0.15) is 24.2 Å². The smallest absolute Gasteiger partial charge is 0.154 e. The maximum atomic E-state index is 11.2. The van der Waals surface area contributed by atoms with E-state index < -0.39 is 0 Å². The van der Waals surface area contributed by atoms with Gasteiger partial charge in [0.05, 0.1) is 5.56 Å². The molecule has 2 aromatic rings. The highest BCUT2D eigenvalue weighted by Gasteiger charge is 2.07. The number of benzene rings is 2. The molecule has 0 amide bonds. The largest absolute Gasteiger partial charge is 0.489 e. The standard InChI is InChI=1S/C16H16O2/c1-12(2)9-10-18-16-8-7-13-5-3-4-6-14(13)15(16)11-17/h3-9,11H,10H2,1-2H3. The predicted molar refractivity (Wildman–Crippen MR) is 74.3 cm³/mol. The van der Waals surface area contributed by atoms with Gasteiger partial charge in [-0.05, 0) is 36.8 Å². The maximum Gasteiger partial charge on any atom is 0.154 e. The number of hydrogen-bond donors (Lipinski definition) is 0. The Morgan fingerprint density at radius 3 is 2.67 bits per heavy atom. The molecule has 0 bridgehead atoms. The van der Waals surface area contributed by atoms with Crippen molar-refractivity contribution in [3.63, 3.8) is 0 Å². The molecule has 0 N–H and O–H groups in total. The first-order chi connectivity index (χ1) is 8.72. The summed E-state index contributed by atoms with van der Waals surface area (Å²) >= 11 is 0. The Bertz CT molecular complexity index is 593. The maximum absolute atomic E-state index is 11.2. The fourth-order valence-electron chi connectivity index (χ4n) is 1.82. The molecule has 0 atom stereocenters. The summed E-state index contributed by atoms with van der Waals surface area (Å²) in [6, 6.07) is 11.6. The van der Waals surface area contributed by atoms with Gasteiger partial charge in [-0.2, -0.15) is 0 Å². The normalized spacial score (nSPS) is 10.1. The van der Waals surface area contributed by atoms with Gasteiger partial charge >= 0.3 is 0 Å². The summed E-state index contributed by atoms with van der Waals surface area (Å²) in [5, 5.41) is 1.98. The average Bonchev–Trinajstić information content (AvgIpc) is 2.38. The van der Waals surface area contributed by atoms with E-state index in [9.17, 15) is 4.79 Å². The Hall–Kier alpha value is -2.09. The minimum absolute atomic E-state index is 0.488. The molecule has 0 heterocycles. The van der Waals surface area contributed by atoms with E-state index in [1.807, 2.05) is 56.3 Å². The van der Waals surface area contributed by atoms with Crippen LogP contribution in [0.4, 0.5) is 0 Å². The fourth-order valence-corrected chi connectivity index (χ4v) is 1.82. The molecule has 0 aliphatic heterocycles. The molecular formula is C16H16O2. The van der Waals surface area contributed by atoms with Gasteiger partial charge < -0.3 is 4.74 Å². The van der Waals surface area contributed by atoms with Crippen LogP contribution in [-0.4, -0.2) is 12.9 Å². The van der Waals surface area contributed by atoms with Crippen LogP contribution < -0.4 is 4.74 Å². The van der Waals surface area contributed by atoms with Crippen molar-refractivity contribution in [2.24, 2.45) is 0 Å². The number of allylic oxidation sites excluding steroid dienone is 1. The van der Waals surface area contributed by atoms with Gasteiger partial charge in [-0.1, -0.05) is 35.9 Å². The van der Waals surface area contributed by atoms with Gasteiger partial charge in [-0.3, -0.25) is 4.79 Å². The van der Waals surface area contributed by atoms with Crippen LogP contribution >= 0.6 is 0 Å². The third-order valence-corrected chi connectivity index (χ3v) is 2.78. The summed E-state index contributed by atoms with van der Waals surface area (Å²) in [4.78, 5) is 11.2. The van der Waals surface area contributed by atoms with Crippen LogP contribution in [0.3, 0.4) is 0 Å². The van der Waals surface area contributed by atoms with Crippen LogP contribution in [0.25, 0.3) is 10.8 Å². The zero-order chi connectivity index (χ0) is 13.0. The number of rotatable bonds is 4. The molecule has 0 spiro atoms. The second kappa shape index (κ2) is 5.50. The Morgan fingerprint density at radius 1 is 1.17 bits per heavy atom. The molecule has 0 fully saturated rings. The number of ether oxygens (including phenoxy) is 1. The highest BCUT2D eigenvalue weighted by atomic mass is 16.5. The van der Waals surface area contributed by atoms with Crippen LogP contribution in [0.15, 0.2) is 48.0 Å². The molecule has 18 heavy (non-hydrogen) atoms. The SMILES string of the molecule is CC(C)=CCOc1ccc2ccccc2c1C=O. The predicted octanol–water partition coefficient (Wildman–Crippen LogP) is 4.00. The second-order valence-electron chi connectivity index (χ2n) is 4.41. The summed E-state index contributed by atoms with van der Waals surface area (Å²) < 4.78 is 5.64. The molecule has 0 radical (unpaired) electrons. The summed E-state index contributed by atoms with van der Waals surface area (Å²) in [6.45, 7) is 4.52. The van der Waals surface area contributed by atoms with E-state index in [2.05, 4.69) is 0 Å². The number of carbonyl (C=O) groups is 1. The highest BCUT2D eigenvalue weighted by molar-refractivity contribution is 6.00. The first-order valence-electron chi connectivity index (χ1n) is 5.95. The van der Waals surface area contributed by atoms with Gasteiger partial charge in [0, 0.05) is 0 Å². The van der Waals surface area contributed by atoms with Gasteiger partial charge in [0.15, 0.2) is 6.29 Å². The van der Waals surface area contributed by atoms with Crippen molar-refractivity contribution in [3.05, 3.63) is 53.6 Å². The monoisotopic (exact) mass is 240 g/mol. The highest BCUT2D eigenvalue weighted by Crippen LogP contribution is 2.26. The van der Waals surface area contributed by atoms with E-state index in [4.69, 9.17) is 4.74 Å². The van der Waals surface area contributed by atoms with Crippen molar-refractivity contribution in [2.75, 3.05) is 6.61 Å². The quantitative estimate of drug-likeness (QED) is 0.596. The number of aldehydes is 1. The third-order valence-electron chi connectivity index (χ3n) is 2.78. The average molecular weight is 240 g/mol. The molecule has 0 aliphatic carbocycles. The van der Waals surface area contributed by atoms with E-state index in [-0.39, 0.29) is 0 Å². The second-order valence-corrected chi connectivity index (χ2v) is 4.41. The van der Waals surface area contributed by atoms with Crippen molar-refractivity contribution >= 4 is 17.1 Å². The van der Waals surface area contributed by atoms with Crippen molar-refractivity contribution in [2.45, 2.75) is 13.8 Å². The molecule has 2 heteroatoms. The van der Waals surface area contributed by atoms with Crippen LogP contribution in [0, 0.1) is 0 Å². The van der Waals surface area contributed by atoms with E-state index in [0.717, 1.165) is 17.1 Å². The first-order valence-corrected chi connectivity index (χ1v) is 5.95. The zero-order valence-corrected chi connectivity index (χ0v) is 10.6. The molecule has 2 nitrogen and oxygen atoms in total. The first kappa shape index (κ1) is 12.4. The van der Waals surface area contributed by atoms with Gasteiger partial charge in [0.25, 0.3) is 0 Å². The van der Waals surface area contributed by atoms with Crippen LogP contribution in [0.5, 0.6) is 5.75 Å². The van der Waals surface area contributed by atoms with Gasteiger partial charge in [-0.15, -0.1) is 0 Å². The third kappa shape index (κ3) is 2.59. The van der Waals surface area contributed by atoms with Crippen molar-refractivity contribution in [1.82, 2.24) is 0 Å². The summed E-state index contributed by atoms with van der Waals surface area (Å²) in [7, 11) is 0. The lowest BCUT2D eigenvalue weighted by molar-refractivity contribution is 0.112. The van der Waals surface area contributed by atoms with Crippen molar-refractivity contribution in [1.29, 1.82) is 0 Å². The van der Waals surface area contributed by atoms with E-state index in [1.165, 1.54) is 5.57 Å². The molecule has 0 aromatic heterocycles. The lowest BCUT2D eigenvalue weighted by Gasteiger charge is -2.09. The molecule has 92 valence electrons. The molecule has 0 unspecified atom stereocenters. The Labute approximate surface area is 107 Å². The Kier molecular flexibility index (Phi) is 3.78. The molecular weight excluding hydrogens is 224 g/mol.